The number of ether oxygens (including phenoxy) is 2. The van der Waals surface area contributed by atoms with Crippen molar-refractivity contribution in [2.75, 3.05) is 38.3 Å². The van der Waals surface area contributed by atoms with Crippen molar-refractivity contribution in [2.45, 2.75) is 0 Å². The van der Waals surface area contributed by atoms with Crippen LogP contribution < -0.4 is 15.2 Å². The van der Waals surface area contributed by atoms with E-state index >= 15 is 0 Å². The highest BCUT2D eigenvalue weighted by Gasteiger charge is 2.23. The number of halogens is 2. The number of nitro benzene ring substituents is 1. The molecule has 0 aliphatic carbocycles. The van der Waals surface area contributed by atoms with Crippen molar-refractivity contribution in [2.24, 2.45) is 0 Å². The number of hydrogen-bond donors (Lipinski definition) is 0. The zero-order valence-corrected chi connectivity index (χ0v) is 20.6. The summed E-state index contributed by atoms with van der Waals surface area (Å²) in [5, 5.41) is 18.0. The summed E-state index contributed by atoms with van der Waals surface area (Å²) in [4.78, 5) is 27.1. The number of nitro groups is 1. The van der Waals surface area contributed by atoms with E-state index in [2.05, 4.69) is 5.10 Å². The minimum atomic E-state index is -0.525. The van der Waals surface area contributed by atoms with Gasteiger partial charge in [-0.25, -0.2) is 0 Å². The van der Waals surface area contributed by atoms with Gasteiger partial charge in [-0.05, 0) is 30.3 Å². The van der Waals surface area contributed by atoms with E-state index in [1.54, 1.807) is 48.5 Å². The van der Waals surface area contributed by atoms with E-state index in [1.165, 1.54) is 13.2 Å². The van der Waals surface area contributed by atoms with Gasteiger partial charge in [0.25, 0.3) is 11.2 Å². The smallest absolute Gasteiger partial charge is 0.295 e. The fourth-order valence-corrected chi connectivity index (χ4v) is 4.95. The molecule has 1 aliphatic rings. The van der Waals surface area contributed by atoms with Gasteiger partial charge in [0.2, 0.25) is 0 Å². The predicted molar refractivity (Wildman–Crippen MR) is 139 cm³/mol. The van der Waals surface area contributed by atoms with Crippen molar-refractivity contribution in [3.63, 3.8) is 0 Å². The Morgan fingerprint density at radius 2 is 1.69 bits per heavy atom. The maximum Gasteiger partial charge on any atom is 0.295 e. The third-order valence-corrected chi connectivity index (χ3v) is 6.60. The highest BCUT2D eigenvalue weighted by molar-refractivity contribution is 6.37. The number of benzene rings is 3. The zero-order chi connectivity index (χ0) is 25.4. The molecule has 0 N–H and O–H groups in total. The second-order valence-electron chi connectivity index (χ2n) is 8.11. The number of fused-ring (bicyclic) bond motifs is 1. The number of rotatable bonds is 5. The van der Waals surface area contributed by atoms with Crippen LogP contribution in [-0.2, 0) is 4.74 Å². The number of methoxy groups -OCH3 is 1. The van der Waals surface area contributed by atoms with Crippen LogP contribution >= 0.6 is 23.2 Å². The molecule has 5 rings (SSSR count). The van der Waals surface area contributed by atoms with Gasteiger partial charge < -0.3 is 14.4 Å². The molecule has 36 heavy (non-hydrogen) atoms. The van der Waals surface area contributed by atoms with E-state index in [0.717, 1.165) is 10.4 Å². The fourth-order valence-electron chi connectivity index (χ4n) is 4.31. The highest BCUT2D eigenvalue weighted by atomic mass is 35.5. The summed E-state index contributed by atoms with van der Waals surface area (Å²) >= 11 is 12.8. The molecule has 1 fully saturated rings. The predicted octanol–water partition coefficient (Wildman–Crippen LogP) is 5.11. The third kappa shape index (κ3) is 4.26. The fraction of sp³-hybridized carbons (Fsp3) is 0.200. The van der Waals surface area contributed by atoms with Crippen molar-refractivity contribution >= 4 is 45.3 Å². The molecule has 2 heterocycles. The molecule has 0 unspecified atom stereocenters. The molecule has 9 nitrogen and oxygen atoms in total. The lowest BCUT2D eigenvalue weighted by Gasteiger charge is -2.29. The first kappa shape index (κ1) is 24.1. The molecule has 0 amide bonds. The van der Waals surface area contributed by atoms with Crippen LogP contribution in [0.1, 0.15) is 0 Å². The normalized spacial score (nSPS) is 13.7. The zero-order valence-electron chi connectivity index (χ0n) is 19.1. The Labute approximate surface area is 215 Å². The summed E-state index contributed by atoms with van der Waals surface area (Å²) < 4.78 is 11.7. The third-order valence-electron chi connectivity index (χ3n) is 6.04. The van der Waals surface area contributed by atoms with E-state index in [4.69, 9.17) is 32.7 Å². The standard InChI is InChI=1S/C25H20Cl2N4O5/c1-35-24-19(26)12-15(13-20(24)27)23-17-4-2-3-5-18(17)25(32)30(28-23)22-14-16(6-7-21(22)31(33)34)29-8-10-36-11-9-29/h2-7,12-14H,8-11H2,1H3. The Morgan fingerprint density at radius 3 is 2.33 bits per heavy atom. The largest absolute Gasteiger partial charge is 0.494 e. The Bertz CT molecular complexity index is 1530. The number of hydrogen-bond acceptors (Lipinski definition) is 7. The number of nitrogens with zero attached hydrogens (tertiary/aromatic N) is 4. The van der Waals surface area contributed by atoms with Gasteiger partial charge in [-0.2, -0.15) is 9.78 Å². The molecule has 0 bridgehead atoms. The molecular formula is C25H20Cl2N4O5. The van der Waals surface area contributed by atoms with E-state index in [1.807, 2.05) is 4.90 Å². The van der Waals surface area contributed by atoms with Crippen molar-refractivity contribution in [3.8, 4) is 22.7 Å². The average Bonchev–Trinajstić information content (AvgIpc) is 2.89. The van der Waals surface area contributed by atoms with Gasteiger partial charge in [-0.15, -0.1) is 0 Å². The lowest BCUT2D eigenvalue weighted by Crippen LogP contribution is -2.36. The monoisotopic (exact) mass is 526 g/mol. The SMILES string of the molecule is COc1c(Cl)cc(-c2nn(-c3cc(N4CCOCC4)ccc3[N+](=O)[O-])c(=O)c3ccccc23)cc1Cl. The molecule has 0 spiro atoms. The molecule has 1 aromatic heterocycles. The molecule has 1 saturated heterocycles. The van der Waals surface area contributed by atoms with Crippen LogP contribution in [0.4, 0.5) is 11.4 Å². The Morgan fingerprint density at radius 1 is 1.03 bits per heavy atom. The van der Waals surface area contributed by atoms with Crippen LogP contribution in [0.3, 0.4) is 0 Å². The molecule has 0 atom stereocenters. The van der Waals surface area contributed by atoms with Gasteiger partial charge in [0.1, 0.15) is 5.69 Å². The second-order valence-corrected chi connectivity index (χ2v) is 8.93. The van der Waals surface area contributed by atoms with Crippen LogP contribution in [0.15, 0.2) is 59.4 Å². The number of morpholine rings is 1. The molecular weight excluding hydrogens is 507 g/mol. The van der Waals surface area contributed by atoms with Gasteiger partial charge in [0, 0.05) is 35.8 Å². The molecule has 4 aromatic rings. The Hall–Kier alpha value is -3.66. The van der Waals surface area contributed by atoms with Crippen LogP contribution in [0.5, 0.6) is 5.75 Å². The van der Waals surface area contributed by atoms with Crippen LogP contribution in [0.25, 0.3) is 27.7 Å². The van der Waals surface area contributed by atoms with Gasteiger partial charge in [0.15, 0.2) is 5.75 Å². The quantitative estimate of drug-likeness (QED) is 0.263. The van der Waals surface area contributed by atoms with Gasteiger partial charge >= 0.3 is 0 Å². The van der Waals surface area contributed by atoms with E-state index in [9.17, 15) is 14.9 Å². The minimum absolute atomic E-state index is 0.0618. The lowest BCUT2D eigenvalue weighted by atomic mass is 10.0. The molecule has 1 aliphatic heterocycles. The first-order chi connectivity index (χ1) is 17.4. The molecule has 11 heteroatoms. The first-order valence-electron chi connectivity index (χ1n) is 11.1. The minimum Gasteiger partial charge on any atom is -0.494 e. The number of aromatic nitrogens is 2. The molecule has 184 valence electrons. The van der Waals surface area contributed by atoms with Crippen LogP contribution in [0.2, 0.25) is 10.0 Å². The average molecular weight is 527 g/mol. The van der Waals surface area contributed by atoms with Gasteiger partial charge in [-0.1, -0.05) is 41.4 Å². The van der Waals surface area contributed by atoms with Crippen molar-refractivity contribution in [3.05, 3.63) is 85.1 Å². The van der Waals surface area contributed by atoms with Gasteiger partial charge in [-0.3, -0.25) is 14.9 Å². The van der Waals surface area contributed by atoms with Crippen LogP contribution in [0, 0.1) is 10.1 Å². The summed E-state index contributed by atoms with van der Waals surface area (Å²) in [6.07, 6.45) is 0. The maximum atomic E-state index is 13.6. The number of anilines is 1. The van der Waals surface area contributed by atoms with E-state index in [-0.39, 0.29) is 21.4 Å². The Kier molecular flexibility index (Phi) is 6.53. The molecule has 0 saturated carbocycles. The molecule has 3 aromatic carbocycles. The summed E-state index contributed by atoms with van der Waals surface area (Å²) in [6.45, 7) is 2.35. The summed E-state index contributed by atoms with van der Waals surface area (Å²) in [6, 6.07) is 14.9. The van der Waals surface area contributed by atoms with Crippen molar-refractivity contribution in [1.29, 1.82) is 0 Å². The van der Waals surface area contributed by atoms with Crippen LogP contribution in [-0.4, -0.2) is 48.1 Å². The topological polar surface area (TPSA) is 99.7 Å². The highest BCUT2D eigenvalue weighted by Crippen LogP contribution is 2.38. The van der Waals surface area contributed by atoms with Gasteiger partial charge in [0.05, 0.1) is 46.4 Å². The van der Waals surface area contributed by atoms with Crippen molar-refractivity contribution < 1.29 is 14.4 Å². The molecule has 0 radical (unpaired) electrons. The van der Waals surface area contributed by atoms with E-state index < -0.39 is 10.5 Å². The maximum absolute atomic E-state index is 13.6. The summed E-state index contributed by atoms with van der Waals surface area (Å²) in [5.74, 6) is 0.313. The lowest BCUT2D eigenvalue weighted by molar-refractivity contribution is -0.384. The van der Waals surface area contributed by atoms with E-state index in [0.29, 0.717) is 54.1 Å². The summed E-state index contributed by atoms with van der Waals surface area (Å²) in [7, 11) is 1.46. The van der Waals surface area contributed by atoms with Crippen molar-refractivity contribution in [1.82, 2.24) is 9.78 Å². The first-order valence-corrected chi connectivity index (χ1v) is 11.8. The Balaban J connectivity index is 1.79. The summed E-state index contributed by atoms with van der Waals surface area (Å²) in [5.41, 5.74) is 0.992. The second kappa shape index (κ2) is 9.77.